The summed E-state index contributed by atoms with van der Waals surface area (Å²) in [5.41, 5.74) is 1.38. The van der Waals surface area contributed by atoms with Crippen molar-refractivity contribution in [1.29, 1.82) is 0 Å². The molecule has 0 saturated heterocycles. The molecule has 1 rings (SSSR count). The maximum Gasteiger partial charge on any atom is 0.0615 e. The molecule has 0 aliphatic carbocycles. The van der Waals surface area contributed by atoms with Crippen molar-refractivity contribution < 1.29 is 4.74 Å². The SMILES string of the molecule is CCC(COC)NCCCN(C)Cc1ccccc1. The molecule has 0 aliphatic rings. The summed E-state index contributed by atoms with van der Waals surface area (Å²) in [5, 5.41) is 3.54. The zero-order valence-electron chi connectivity index (χ0n) is 12.6. The molecular formula is C16H28N2O. The highest BCUT2D eigenvalue weighted by Gasteiger charge is 2.04. The molecule has 0 aliphatic heterocycles. The van der Waals surface area contributed by atoms with Crippen molar-refractivity contribution in [2.24, 2.45) is 0 Å². The first-order valence-electron chi connectivity index (χ1n) is 7.21. The highest BCUT2D eigenvalue weighted by molar-refractivity contribution is 5.14. The number of hydrogen-bond donors (Lipinski definition) is 1. The number of methoxy groups -OCH3 is 1. The normalized spacial score (nSPS) is 12.8. The van der Waals surface area contributed by atoms with E-state index in [1.165, 1.54) is 12.0 Å². The maximum atomic E-state index is 5.18. The zero-order chi connectivity index (χ0) is 13.9. The van der Waals surface area contributed by atoms with Gasteiger partial charge < -0.3 is 15.0 Å². The lowest BCUT2D eigenvalue weighted by Gasteiger charge is -2.19. The third-order valence-corrected chi connectivity index (χ3v) is 3.31. The van der Waals surface area contributed by atoms with Crippen LogP contribution in [0.4, 0.5) is 0 Å². The monoisotopic (exact) mass is 264 g/mol. The Morgan fingerprint density at radius 2 is 2.00 bits per heavy atom. The van der Waals surface area contributed by atoms with Crippen molar-refractivity contribution in [1.82, 2.24) is 10.2 Å². The number of benzene rings is 1. The first kappa shape index (κ1) is 16.2. The van der Waals surface area contributed by atoms with E-state index in [-0.39, 0.29) is 0 Å². The second kappa shape index (κ2) is 9.96. The lowest BCUT2D eigenvalue weighted by Crippen LogP contribution is -2.34. The van der Waals surface area contributed by atoms with Crippen LogP contribution in [0.2, 0.25) is 0 Å². The van der Waals surface area contributed by atoms with Gasteiger partial charge in [-0.05, 0) is 38.5 Å². The second-order valence-electron chi connectivity index (χ2n) is 5.09. The number of rotatable bonds is 10. The van der Waals surface area contributed by atoms with E-state index in [0.717, 1.165) is 32.7 Å². The van der Waals surface area contributed by atoms with Crippen LogP contribution < -0.4 is 5.32 Å². The predicted molar refractivity (Wildman–Crippen MR) is 81.4 cm³/mol. The average Bonchev–Trinajstić information content (AvgIpc) is 2.43. The number of nitrogens with one attached hydrogen (secondary N) is 1. The lowest BCUT2D eigenvalue weighted by molar-refractivity contribution is 0.163. The van der Waals surface area contributed by atoms with Crippen LogP contribution in [0.3, 0.4) is 0 Å². The maximum absolute atomic E-state index is 5.18. The molecule has 1 aromatic carbocycles. The number of hydrogen-bond acceptors (Lipinski definition) is 3. The van der Waals surface area contributed by atoms with Crippen molar-refractivity contribution in [3.63, 3.8) is 0 Å². The van der Waals surface area contributed by atoms with Crippen LogP contribution in [0, 0.1) is 0 Å². The molecule has 1 N–H and O–H groups in total. The molecule has 0 radical (unpaired) electrons. The van der Waals surface area contributed by atoms with Gasteiger partial charge in [0, 0.05) is 19.7 Å². The van der Waals surface area contributed by atoms with Crippen molar-refractivity contribution in [3.8, 4) is 0 Å². The highest BCUT2D eigenvalue weighted by Crippen LogP contribution is 2.02. The second-order valence-corrected chi connectivity index (χ2v) is 5.09. The Bertz CT molecular complexity index is 316. The fraction of sp³-hybridized carbons (Fsp3) is 0.625. The Hall–Kier alpha value is -0.900. The summed E-state index contributed by atoms with van der Waals surface area (Å²) in [6.07, 6.45) is 2.29. The molecule has 0 aromatic heterocycles. The summed E-state index contributed by atoms with van der Waals surface area (Å²) in [5.74, 6) is 0. The molecule has 3 nitrogen and oxygen atoms in total. The first-order chi connectivity index (χ1) is 9.26. The summed E-state index contributed by atoms with van der Waals surface area (Å²) < 4.78 is 5.18. The Balaban J connectivity index is 2.12. The molecule has 1 aromatic rings. The van der Waals surface area contributed by atoms with Gasteiger partial charge in [0.2, 0.25) is 0 Å². The number of ether oxygens (including phenoxy) is 1. The molecule has 108 valence electrons. The third kappa shape index (κ3) is 7.31. The minimum atomic E-state index is 0.490. The van der Waals surface area contributed by atoms with E-state index in [2.05, 4.69) is 54.5 Å². The third-order valence-electron chi connectivity index (χ3n) is 3.31. The number of nitrogens with zero attached hydrogens (tertiary/aromatic N) is 1. The van der Waals surface area contributed by atoms with Crippen molar-refractivity contribution >= 4 is 0 Å². The fourth-order valence-corrected chi connectivity index (χ4v) is 2.15. The standard InChI is InChI=1S/C16H28N2O/c1-4-16(14-19-3)17-11-8-12-18(2)13-15-9-6-5-7-10-15/h5-7,9-10,16-17H,4,8,11-14H2,1-3H3. The van der Waals surface area contributed by atoms with Gasteiger partial charge in [0.15, 0.2) is 0 Å². The molecule has 3 heteroatoms. The Morgan fingerprint density at radius 3 is 2.63 bits per heavy atom. The van der Waals surface area contributed by atoms with Gasteiger partial charge in [-0.15, -0.1) is 0 Å². The summed E-state index contributed by atoms with van der Waals surface area (Å²) in [7, 11) is 3.94. The van der Waals surface area contributed by atoms with Gasteiger partial charge in [0.05, 0.1) is 6.61 Å². The Kier molecular flexibility index (Phi) is 8.47. The molecular weight excluding hydrogens is 236 g/mol. The average molecular weight is 264 g/mol. The van der Waals surface area contributed by atoms with Crippen LogP contribution in [0.25, 0.3) is 0 Å². The van der Waals surface area contributed by atoms with E-state index in [1.807, 2.05) is 0 Å². The Morgan fingerprint density at radius 1 is 1.26 bits per heavy atom. The van der Waals surface area contributed by atoms with Crippen LogP contribution in [0.1, 0.15) is 25.3 Å². The van der Waals surface area contributed by atoms with E-state index in [4.69, 9.17) is 4.74 Å². The molecule has 1 unspecified atom stereocenters. The molecule has 19 heavy (non-hydrogen) atoms. The lowest BCUT2D eigenvalue weighted by atomic mass is 10.2. The van der Waals surface area contributed by atoms with Crippen LogP contribution in [-0.2, 0) is 11.3 Å². The molecule has 1 atom stereocenters. The quantitative estimate of drug-likeness (QED) is 0.657. The van der Waals surface area contributed by atoms with E-state index in [9.17, 15) is 0 Å². The van der Waals surface area contributed by atoms with Gasteiger partial charge in [0.25, 0.3) is 0 Å². The van der Waals surface area contributed by atoms with Crippen LogP contribution in [-0.4, -0.2) is 44.8 Å². The van der Waals surface area contributed by atoms with Crippen molar-refractivity contribution in [2.75, 3.05) is 33.9 Å². The first-order valence-corrected chi connectivity index (χ1v) is 7.21. The molecule has 0 heterocycles. The summed E-state index contributed by atoms with van der Waals surface area (Å²) in [6, 6.07) is 11.1. The minimum Gasteiger partial charge on any atom is -0.383 e. The molecule has 0 amide bonds. The van der Waals surface area contributed by atoms with Crippen LogP contribution in [0.15, 0.2) is 30.3 Å². The largest absolute Gasteiger partial charge is 0.383 e. The predicted octanol–water partition coefficient (Wildman–Crippen LogP) is 2.52. The topological polar surface area (TPSA) is 24.5 Å². The smallest absolute Gasteiger partial charge is 0.0615 e. The molecule has 0 fully saturated rings. The van der Waals surface area contributed by atoms with Crippen molar-refractivity contribution in [3.05, 3.63) is 35.9 Å². The Labute approximate surface area is 118 Å². The van der Waals surface area contributed by atoms with Gasteiger partial charge >= 0.3 is 0 Å². The van der Waals surface area contributed by atoms with Gasteiger partial charge in [-0.2, -0.15) is 0 Å². The van der Waals surface area contributed by atoms with Crippen LogP contribution >= 0.6 is 0 Å². The van der Waals surface area contributed by atoms with Gasteiger partial charge in [0.1, 0.15) is 0 Å². The van der Waals surface area contributed by atoms with E-state index in [0.29, 0.717) is 6.04 Å². The summed E-state index contributed by atoms with van der Waals surface area (Å²) in [4.78, 5) is 2.37. The van der Waals surface area contributed by atoms with Gasteiger partial charge in [-0.1, -0.05) is 37.3 Å². The van der Waals surface area contributed by atoms with E-state index < -0.39 is 0 Å². The minimum absolute atomic E-state index is 0.490. The van der Waals surface area contributed by atoms with Crippen molar-refractivity contribution in [2.45, 2.75) is 32.4 Å². The van der Waals surface area contributed by atoms with E-state index >= 15 is 0 Å². The van der Waals surface area contributed by atoms with E-state index in [1.54, 1.807) is 7.11 Å². The molecule has 0 bridgehead atoms. The van der Waals surface area contributed by atoms with Crippen LogP contribution in [0.5, 0.6) is 0 Å². The van der Waals surface area contributed by atoms with Gasteiger partial charge in [-0.3, -0.25) is 0 Å². The fourth-order valence-electron chi connectivity index (χ4n) is 2.15. The zero-order valence-corrected chi connectivity index (χ0v) is 12.6. The molecule has 0 saturated carbocycles. The highest BCUT2D eigenvalue weighted by atomic mass is 16.5. The summed E-state index contributed by atoms with van der Waals surface area (Å²) >= 11 is 0. The molecule has 0 spiro atoms. The van der Waals surface area contributed by atoms with Gasteiger partial charge in [-0.25, -0.2) is 0 Å². The summed E-state index contributed by atoms with van der Waals surface area (Å²) in [6.45, 7) is 6.19.